The van der Waals surface area contributed by atoms with E-state index in [2.05, 4.69) is 4.98 Å². The van der Waals surface area contributed by atoms with Crippen molar-refractivity contribution < 1.29 is 4.74 Å². The highest BCUT2D eigenvalue weighted by Gasteiger charge is 2.09. The first-order valence-electron chi connectivity index (χ1n) is 6.56. The van der Waals surface area contributed by atoms with Gasteiger partial charge in [-0.3, -0.25) is 0 Å². The molecule has 0 spiro atoms. The van der Waals surface area contributed by atoms with E-state index in [9.17, 15) is 0 Å². The van der Waals surface area contributed by atoms with Gasteiger partial charge in [0.05, 0.1) is 11.6 Å². The number of fused-ring (bicyclic) bond motifs is 1. The van der Waals surface area contributed by atoms with E-state index in [4.69, 9.17) is 27.9 Å². The molecule has 0 atom stereocenters. The number of aromatic nitrogens is 1. The van der Waals surface area contributed by atoms with Gasteiger partial charge in [-0.2, -0.15) is 0 Å². The number of pyridine rings is 1. The number of alkyl halides is 1. The topological polar surface area (TPSA) is 22.1 Å². The number of rotatable bonds is 3. The number of benzene rings is 2. The molecule has 4 heteroatoms. The first kappa shape index (κ1) is 14.2. The number of ether oxygens (including phenoxy) is 1. The van der Waals surface area contributed by atoms with E-state index in [1.54, 1.807) is 6.07 Å². The molecule has 3 rings (SSSR count). The lowest BCUT2D eigenvalue weighted by atomic mass is 10.1. The van der Waals surface area contributed by atoms with Crippen molar-refractivity contribution in [2.45, 2.75) is 12.8 Å². The molecule has 0 aliphatic heterocycles. The summed E-state index contributed by atoms with van der Waals surface area (Å²) in [5, 5.41) is 2.71. The van der Waals surface area contributed by atoms with Crippen molar-refractivity contribution in [3.8, 4) is 11.6 Å². The molecule has 0 unspecified atom stereocenters. The Labute approximate surface area is 133 Å². The Bertz CT molecular complexity index is 802. The maximum absolute atomic E-state index is 5.99. The van der Waals surface area contributed by atoms with Crippen LogP contribution in [0.1, 0.15) is 11.3 Å². The summed E-state index contributed by atoms with van der Waals surface area (Å²) in [5.74, 6) is 1.65. The molecule has 0 aliphatic rings. The molecule has 0 saturated heterocycles. The lowest BCUT2D eigenvalue weighted by Crippen LogP contribution is -1.95. The van der Waals surface area contributed by atoms with Gasteiger partial charge in [-0.25, -0.2) is 4.98 Å². The number of aryl methyl sites for hydroxylation is 1. The van der Waals surface area contributed by atoms with Gasteiger partial charge in [0.25, 0.3) is 0 Å². The van der Waals surface area contributed by atoms with Crippen LogP contribution in [-0.2, 0) is 5.88 Å². The largest absolute Gasteiger partial charge is 0.438 e. The molecule has 0 fully saturated rings. The first-order valence-corrected chi connectivity index (χ1v) is 7.47. The standard InChI is InChI=1S/C17H13Cl2NO/c1-11-8-13(19)6-7-16(11)21-17-15-5-3-2-4-12(15)9-14(10-18)20-17/h2-9H,10H2,1H3. The smallest absolute Gasteiger partial charge is 0.227 e. The van der Waals surface area contributed by atoms with Crippen LogP contribution in [0.25, 0.3) is 10.8 Å². The zero-order chi connectivity index (χ0) is 14.8. The molecule has 0 N–H and O–H groups in total. The van der Waals surface area contributed by atoms with Gasteiger partial charge in [0.2, 0.25) is 5.88 Å². The van der Waals surface area contributed by atoms with Crippen molar-refractivity contribution in [1.29, 1.82) is 0 Å². The molecule has 2 nitrogen and oxygen atoms in total. The Balaban J connectivity index is 2.10. The van der Waals surface area contributed by atoms with Crippen LogP contribution >= 0.6 is 23.2 Å². The molecule has 0 saturated carbocycles. The van der Waals surface area contributed by atoms with Gasteiger partial charge in [-0.05, 0) is 48.2 Å². The summed E-state index contributed by atoms with van der Waals surface area (Å²) >= 11 is 11.9. The highest BCUT2D eigenvalue weighted by Crippen LogP contribution is 2.31. The third kappa shape index (κ3) is 2.97. The van der Waals surface area contributed by atoms with Crippen LogP contribution in [0.2, 0.25) is 5.02 Å². The van der Waals surface area contributed by atoms with E-state index in [-0.39, 0.29) is 0 Å². The number of nitrogens with zero attached hydrogens (tertiary/aromatic N) is 1. The molecule has 21 heavy (non-hydrogen) atoms. The third-order valence-corrected chi connectivity index (χ3v) is 3.75. The summed E-state index contributed by atoms with van der Waals surface area (Å²) in [4.78, 5) is 4.49. The molecule has 0 bridgehead atoms. The van der Waals surface area contributed by atoms with Crippen molar-refractivity contribution in [2.75, 3.05) is 0 Å². The van der Waals surface area contributed by atoms with E-state index in [1.807, 2.05) is 49.4 Å². The maximum atomic E-state index is 5.99. The fourth-order valence-electron chi connectivity index (χ4n) is 2.20. The second-order valence-corrected chi connectivity index (χ2v) is 5.49. The minimum atomic E-state index is 0.348. The summed E-state index contributed by atoms with van der Waals surface area (Å²) < 4.78 is 5.99. The van der Waals surface area contributed by atoms with Gasteiger partial charge in [-0.1, -0.05) is 29.8 Å². The number of hydrogen-bond acceptors (Lipinski definition) is 2. The van der Waals surface area contributed by atoms with Gasteiger partial charge < -0.3 is 4.74 Å². The lowest BCUT2D eigenvalue weighted by Gasteiger charge is -2.11. The van der Waals surface area contributed by atoms with Crippen molar-refractivity contribution >= 4 is 34.0 Å². The monoisotopic (exact) mass is 317 g/mol. The van der Waals surface area contributed by atoms with Crippen LogP contribution in [0.5, 0.6) is 11.6 Å². The van der Waals surface area contributed by atoms with Gasteiger partial charge in [-0.15, -0.1) is 11.6 Å². The normalized spacial score (nSPS) is 10.8. The fraction of sp³-hybridized carbons (Fsp3) is 0.118. The zero-order valence-electron chi connectivity index (χ0n) is 11.4. The molecule has 1 heterocycles. The second-order valence-electron chi connectivity index (χ2n) is 4.79. The summed E-state index contributed by atoms with van der Waals surface area (Å²) in [6.07, 6.45) is 0. The number of hydrogen-bond donors (Lipinski definition) is 0. The molecular weight excluding hydrogens is 305 g/mol. The molecule has 0 amide bonds. The lowest BCUT2D eigenvalue weighted by molar-refractivity contribution is 0.464. The van der Waals surface area contributed by atoms with Crippen molar-refractivity contribution in [3.63, 3.8) is 0 Å². The Morgan fingerprint density at radius 2 is 1.90 bits per heavy atom. The van der Waals surface area contributed by atoms with Gasteiger partial charge >= 0.3 is 0 Å². The van der Waals surface area contributed by atoms with Crippen LogP contribution in [0, 0.1) is 6.92 Å². The van der Waals surface area contributed by atoms with Crippen LogP contribution in [0.15, 0.2) is 48.5 Å². The minimum absolute atomic E-state index is 0.348. The van der Waals surface area contributed by atoms with E-state index >= 15 is 0 Å². The zero-order valence-corrected chi connectivity index (χ0v) is 12.9. The molecule has 1 aromatic heterocycles. The van der Waals surface area contributed by atoms with E-state index in [0.29, 0.717) is 16.8 Å². The Morgan fingerprint density at radius 1 is 1.10 bits per heavy atom. The quantitative estimate of drug-likeness (QED) is 0.576. The average Bonchev–Trinajstić information content (AvgIpc) is 2.49. The summed E-state index contributed by atoms with van der Waals surface area (Å²) in [7, 11) is 0. The van der Waals surface area contributed by atoms with Crippen LogP contribution in [0.4, 0.5) is 0 Å². The Kier molecular flexibility index (Phi) is 4.00. The minimum Gasteiger partial charge on any atom is -0.438 e. The van der Waals surface area contributed by atoms with Crippen molar-refractivity contribution in [3.05, 3.63) is 64.8 Å². The van der Waals surface area contributed by atoms with Gasteiger partial charge in [0.1, 0.15) is 5.75 Å². The highest BCUT2D eigenvalue weighted by atomic mass is 35.5. The summed E-state index contributed by atoms with van der Waals surface area (Å²) in [6.45, 7) is 1.95. The predicted octanol–water partition coefficient (Wildman–Crippen LogP) is 5.73. The van der Waals surface area contributed by atoms with Crippen LogP contribution < -0.4 is 4.74 Å². The fourth-order valence-corrected chi connectivity index (χ4v) is 2.56. The van der Waals surface area contributed by atoms with E-state index < -0.39 is 0 Å². The first-order chi connectivity index (χ1) is 10.2. The number of halogens is 2. The van der Waals surface area contributed by atoms with Crippen molar-refractivity contribution in [2.24, 2.45) is 0 Å². The van der Waals surface area contributed by atoms with Crippen molar-refractivity contribution in [1.82, 2.24) is 4.98 Å². The highest BCUT2D eigenvalue weighted by molar-refractivity contribution is 6.30. The molecule has 3 aromatic rings. The van der Waals surface area contributed by atoms with Gasteiger partial charge in [0, 0.05) is 10.4 Å². The van der Waals surface area contributed by atoms with E-state index in [1.165, 1.54) is 0 Å². The molecule has 0 aliphatic carbocycles. The molecule has 2 aromatic carbocycles. The van der Waals surface area contributed by atoms with Crippen LogP contribution in [-0.4, -0.2) is 4.98 Å². The maximum Gasteiger partial charge on any atom is 0.227 e. The summed E-state index contributed by atoms with van der Waals surface area (Å²) in [6, 6.07) is 15.5. The van der Waals surface area contributed by atoms with E-state index in [0.717, 1.165) is 27.8 Å². The second kappa shape index (κ2) is 5.92. The predicted molar refractivity (Wildman–Crippen MR) is 87.6 cm³/mol. The third-order valence-electron chi connectivity index (χ3n) is 3.24. The molecule has 106 valence electrons. The molecule has 0 radical (unpaired) electrons. The SMILES string of the molecule is Cc1cc(Cl)ccc1Oc1nc(CCl)cc2ccccc12. The Morgan fingerprint density at radius 3 is 2.67 bits per heavy atom. The van der Waals surface area contributed by atoms with Crippen LogP contribution in [0.3, 0.4) is 0 Å². The summed E-state index contributed by atoms with van der Waals surface area (Å²) in [5.41, 5.74) is 1.75. The van der Waals surface area contributed by atoms with Gasteiger partial charge in [0.15, 0.2) is 0 Å². The Hall–Kier alpha value is -1.77. The average molecular weight is 318 g/mol. The molecular formula is C17H13Cl2NO.